The number of ketones is 1. The Morgan fingerprint density at radius 3 is 2.88 bits per heavy atom. The van der Waals surface area contributed by atoms with Crippen molar-refractivity contribution in [3.8, 4) is 0 Å². The molecule has 1 saturated heterocycles. The summed E-state index contributed by atoms with van der Waals surface area (Å²) in [6.07, 6.45) is 0.0827. The van der Waals surface area contributed by atoms with Crippen LogP contribution < -0.4 is 0 Å². The minimum absolute atomic E-state index is 0.0827. The summed E-state index contributed by atoms with van der Waals surface area (Å²) in [6.45, 7) is 3.52. The molecule has 6 heteroatoms. The van der Waals surface area contributed by atoms with Crippen LogP contribution in [-0.4, -0.2) is 34.2 Å². The summed E-state index contributed by atoms with van der Waals surface area (Å²) in [5.41, 5.74) is 0.763. The number of para-hydroxylation sites is 1. The maximum absolute atomic E-state index is 13.0. The van der Waals surface area contributed by atoms with Gasteiger partial charge >= 0.3 is 5.97 Å². The second kappa shape index (κ2) is 5.37. The predicted molar refractivity (Wildman–Crippen MR) is 89.4 cm³/mol. The Balaban J connectivity index is 1.76. The highest BCUT2D eigenvalue weighted by atomic mass is 16.5. The molecule has 3 heterocycles. The van der Waals surface area contributed by atoms with Crippen molar-refractivity contribution in [3.05, 3.63) is 41.6 Å². The maximum Gasteiger partial charge on any atom is 0.329 e. The van der Waals surface area contributed by atoms with Crippen molar-refractivity contribution in [2.45, 2.75) is 32.9 Å². The molecule has 2 aliphatic heterocycles. The fourth-order valence-corrected chi connectivity index (χ4v) is 3.71. The lowest BCUT2D eigenvalue weighted by atomic mass is 9.77. The van der Waals surface area contributed by atoms with Crippen LogP contribution in [0.1, 0.15) is 37.6 Å². The first-order valence-corrected chi connectivity index (χ1v) is 8.37. The van der Waals surface area contributed by atoms with Crippen molar-refractivity contribution < 1.29 is 19.1 Å². The molecule has 0 aliphatic carbocycles. The van der Waals surface area contributed by atoms with Crippen molar-refractivity contribution in [3.63, 3.8) is 0 Å². The maximum atomic E-state index is 13.0. The minimum atomic E-state index is -1.76. The van der Waals surface area contributed by atoms with Gasteiger partial charge in [0.25, 0.3) is 0 Å². The molecule has 0 spiro atoms. The molecule has 1 aromatic heterocycles. The van der Waals surface area contributed by atoms with Crippen LogP contribution >= 0.6 is 0 Å². The zero-order valence-electron chi connectivity index (χ0n) is 14.1. The summed E-state index contributed by atoms with van der Waals surface area (Å²) in [4.78, 5) is 44.2. The van der Waals surface area contributed by atoms with E-state index in [1.165, 1.54) is 6.92 Å². The minimum Gasteiger partial charge on any atom is -0.465 e. The van der Waals surface area contributed by atoms with Gasteiger partial charge in [0.1, 0.15) is 0 Å². The third-order valence-electron chi connectivity index (χ3n) is 5.18. The summed E-state index contributed by atoms with van der Waals surface area (Å²) >= 11 is 0. The molecule has 2 aliphatic rings. The quantitative estimate of drug-likeness (QED) is 0.619. The van der Waals surface area contributed by atoms with Gasteiger partial charge in [-0.2, -0.15) is 0 Å². The first-order chi connectivity index (χ1) is 12.0. The van der Waals surface area contributed by atoms with Gasteiger partial charge in [-0.25, -0.2) is 0 Å². The number of hydrogen-bond donors (Lipinski definition) is 0. The van der Waals surface area contributed by atoms with E-state index in [1.54, 1.807) is 11.8 Å². The van der Waals surface area contributed by atoms with Gasteiger partial charge in [0, 0.05) is 18.4 Å². The molecule has 0 bridgehead atoms. The Labute approximate surface area is 144 Å². The second-order valence-electron chi connectivity index (χ2n) is 6.65. The number of benzene rings is 1. The standard InChI is InChI=1S/C19H18N2O4/c1-3-25-18(24)19(2)15(22)9-14-16-12(10-21(14)17(19)23)8-11-6-4-5-7-13(11)20-16/h4-8,14H,3,9-10H2,1-2H3/t14-,19-/m1/s1. The molecule has 0 radical (unpaired) electrons. The summed E-state index contributed by atoms with van der Waals surface area (Å²) in [6, 6.07) is 9.33. The van der Waals surface area contributed by atoms with Gasteiger partial charge in [-0.1, -0.05) is 18.2 Å². The van der Waals surface area contributed by atoms with Crippen molar-refractivity contribution in [1.29, 1.82) is 0 Å². The fraction of sp³-hybridized carbons (Fsp3) is 0.368. The molecule has 2 aromatic rings. The Hall–Kier alpha value is -2.76. The molecule has 1 amide bonds. The number of fused-ring (bicyclic) bond motifs is 4. The van der Waals surface area contributed by atoms with Crippen molar-refractivity contribution in [1.82, 2.24) is 9.88 Å². The van der Waals surface area contributed by atoms with Crippen LogP contribution in [-0.2, 0) is 25.7 Å². The SMILES string of the molecule is CCOC(=O)[C@]1(C)C(=O)C[C@@H]2c3nc4ccccc4cc3CN2C1=O. The molecule has 25 heavy (non-hydrogen) atoms. The molecule has 0 saturated carbocycles. The van der Waals surface area contributed by atoms with E-state index in [2.05, 4.69) is 4.98 Å². The average molecular weight is 338 g/mol. The highest BCUT2D eigenvalue weighted by molar-refractivity contribution is 6.22. The monoisotopic (exact) mass is 338 g/mol. The van der Waals surface area contributed by atoms with Crippen molar-refractivity contribution in [2.75, 3.05) is 6.61 Å². The van der Waals surface area contributed by atoms with Gasteiger partial charge in [-0.05, 0) is 31.5 Å². The van der Waals surface area contributed by atoms with Crippen LogP contribution in [0.15, 0.2) is 30.3 Å². The van der Waals surface area contributed by atoms with E-state index in [9.17, 15) is 14.4 Å². The Bertz CT molecular complexity index is 923. The van der Waals surface area contributed by atoms with E-state index in [0.717, 1.165) is 22.2 Å². The highest BCUT2D eigenvalue weighted by Gasteiger charge is 2.58. The summed E-state index contributed by atoms with van der Waals surface area (Å²) in [5.74, 6) is -1.66. The van der Waals surface area contributed by atoms with E-state index in [-0.39, 0.29) is 13.0 Å². The van der Waals surface area contributed by atoms with Gasteiger partial charge in [0.2, 0.25) is 11.3 Å². The molecule has 6 nitrogen and oxygen atoms in total. The van der Waals surface area contributed by atoms with Crippen LogP contribution in [0.4, 0.5) is 0 Å². The van der Waals surface area contributed by atoms with E-state index in [0.29, 0.717) is 6.54 Å². The third-order valence-corrected chi connectivity index (χ3v) is 5.18. The molecule has 2 atom stereocenters. The Morgan fingerprint density at radius 2 is 2.12 bits per heavy atom. The molecule has 0 unspecified atom stereocenters. The average Bonchev–Trinajstić information content (AvgIpc) is 2.95. The van der Waals surface area contributed by atoms with Gasteiger partial charge in [-0.3, -0.25) is 19.4 Å². The van der Waals surface area contributed by atoms with Crippen molar-refractivity contribution in [2.24, 2.45) is 5.41 Å². The fourth-order valence-electron chi connectivity index (χ4n) is 3.71. The van der Waals surface area contributed by atoms with Gasteiger partial charge in [-0.15, -0.1) is 0 Å². The number of amides is 1. The van der Waals surface area contributed by atoms with E-state index >= 15 is 0 Å². The first kappa shape index (κ1) is 15.7. The number of rotatable bonds is 2. The molecule has 1 fully saturated rings. The number of hydrogen-bond acceptors (Lipinski definition) is 5. The number of carbonyl (C=O) groups excluding carboxylic acids is 3. The number of esters is 1. The van der Waals surface area contributed by atoms with E-state index < -0.39 is 29.1 Å². The molecule has 0 N–H and O–H groups in total. The number of piperidine rings is 1. The number of nitrogens with zero attached hydrogens (tertiary/aromatic N) is 2. The van der Waals surface area contributed by atoms with Gasteiger partial charge in [0.05, 0.1) is 23.9 Å². The first-order valence-electron chi connectivity index (χ1n) is 8.37. The number of carbonyl (C=O) groups is 3. The summed E-state index contributed by atoms with van der Waals surface area (Å²) in [5, 5.41) is 0.994. The number of ether oxygens (including phenoxy) is 1. The lowest BCUT2D eigenvalue weighted by molar-refractivity contribution is -0.172. The second-order valence-corrected chi connectivity index (χ2v) is 6.65. The van der Waals surface area contributed by atoms with Gasteiger partial charge in [0.15, 0.2) is 5.78 Å². The molecule has 4 rings (SSSR count). The van der Waals surface area contributed by atoms with Crippen LogP contribution in [0.2, 0.25) is 0 Å². The van der Waals surface area contributed by atoms with E-state index in [1.807, 2.05) is 30.3 Å². The zero-order chi connectivity index (χ0) is 17.8. The third kappa shape index (κ3) is 2.10. The highest BCUT2D eigenvalue weighted by Crippen LogP contribution is 2.45. The predicted octanol–water partition coefficient (Wildman–Crippen LogP) is 2.16. The molecule has 1 aromatic carbocycles. The lowest BCUT2D eigenvalue weighted by Gasteiger charge is -2.38. The molecular weight excluding hydrogens is 320 g/mol. The van der Waals surface area contributed by atoms with Gasteiger partial charge < -0.3 is 9.64 Å². The molecule has 128 valence electrons. The van der Waals surface area contributed by atoms with Crippen molar-refractivity contribution >= 4 is 28.6 Å². The number of pyridine rings is 1. The normalized spacial score (nSPS) is 25.0. The summed E-state index contributed by atoms with van der Waals surface area (Å²) in [7, 11) is 0. The Morgan fingerprint density at radius 1 is 1.36 bits per heavy atom. The Kier molecular flexibility index (Phi) is 3.39. The van der Waals surface area contributed by atoms with Crippen LogP contribution in [0, 0.1) is 5.41 Å². The summed E-state index contributed by atoms with van der Waals surface area (Å²) < 4.78 is 4.99. The zero-order valence-corrected chi connectivity index (χ0v) is 14.1. The molecular formula is C19H18N2O4. The lowest BCUT2D eigenvalue weighted by Crippen LogP contribution is -2.56. The topological polar surface area (TPSA) is 76.6 Å². The smallest absolute Gasteiger partial charge is 0.329 e. The van der Waals surface area contributed by atoms with Crippen LogP contribution in [0.5, 0.6) is 0 Å². The number of Topliss-reactive ketones (excluding diaryl/α,β-unsaturated/α-hetero) is 1. The van der Waals surface area contributed by atoms with Crippen LogP contribution in [0.3, 0.4) is 0 Å². The van der Waals surface area contributed by atoms with E-state index in [4.69, 9.17) is 4.74 Å². The van der Waals surface area contributed by atoms with Crippen LogP contribution in [0.25, 0.3) is 10.9 Å². The number of aromatic nitrogens is 1. The largest absolute Gasteiger partial charge is 0.465 e.